The van der Waals surface area contributed by atoms with Crippen LogP contribution in [-0.2, 0) is 0 Å². The number of nitrogens with one attached hydrogen (secondary N) is 1. The fourth-order valence-corrected chi connectivity index (χ4v) is 3.07. The van der Waals surface area contributed by atoms with Crippen molar-refractivity contribution in [3.63, 3.8) is 0 Å². The lowest BCUT2D eigenvalue weighted by atomic mass is 9.88. The van der Waals surface area contributed by atoms with E-state index in [1.807, 2.05) is 0 Å². The molecule has 1 heterocycles. The molecule has 0 spiro atoms. The Kier molecular flexibility index (Phi) is 5.07. The van der Waals surface area contributed by atoms with Crippen LogP contribution in [0, 0.1) is 0 Å². The largest absolute Gasteiger partial charge is 0.313 e. The molecular weight excluding hydrogens is 184 g/mol. The summed E-state index contributed by atoms with van der Waals surface area (Å²) in [5, 5.41) is 3.58. The van der Waals surface area contributed by atoms with E-state index in [0.29, 0.717) is 5.54 Å². The maximum atomic E-state index is 3.58. The number of rotatable bonds is 6. The molecule has 0 bridgehead atoms. The third kappa shape index (κ3) is 2.73. The van der Waals surface area contributed by atoms with Crippen molar-refractivity contribution < 1.29 is 0 Å². The highest BCUT2D eigenvalue weighted by molar-refractivity contribution is 4.93. The topological polar surface area (TPSA) is 15.3 Å². The summed E-state index contributed by atoms with van der Waals surface area (Å²) in [6, 6.07) is 0.735. The number of likely N-dealkylation sites (tertiary alicyclic amines) is 1. The van der Waals surface area contributed by atoms with Gasteiger partial charge in [-0.05, 0) is 32.2 Å². The van der Waals surface area contributed by atoms with Gasteiger partial charge in [0.15, 0.2) is 0 Å². The van der Waals surface area contributed by atoms with Gasteiger partial charge in [0, 0.05) is 24.7 Å². The van der Waals surface area contributed by atoms with Gasteiger partial charge in [0.2, 0.25) is 0 Å². The van der Waals surface area contributed by atoms with Gasteiger partial charge in [0.05, 0.1) is 0 Å². The van der Waals surface area contributed by atoms with Crippen molar-refractivity contribution in [2.24, 2.45) is 0 Å². The van der Waals surface area contributed by atoms with Gasteiger partial charge in [-0.25, -0.2) is 0 Å². The van der Waals surface area contributed by atoms with Gasteiger partial charge in [0.1, 0.15) is 0 Å². The van der Waals surface area contributed by atoms with Gasteiger partial charge in [-0.3, -0.25) is 4.90 Å². The SMILES string of the molecule is CCNC1CCN(C(CC)(CC)CC)C1. The maximum absolute atomic E-state index is 3.58. The van der Waals surface area contributed by atoms with Gasteiger partial charge in [-0.1, -0.05) is 27.7 Å². The summed E-state index contributed by atoms with van der Waals surface area (Å²) in [5.74, 6) is 0. The Balaban J connectivity index is 2.56. The van der Waals surface area contributed by atoms with E-state index in [9.17, 15) is 0 Å². The minimum Gasteiger partial charge on any atom is -0.313 e. The van der Waals surface area contributed by atoms with Crippen molar-refractivity contribution >= 4 is 0 Å². The van der Waals surface area contributed by atoms with Crippen LogP contribution in [0.5, 0.6) is 0 Å². The van der Waals surface area contributed by atoms with Gasteiger partial charge >= 0.3 is 0 Å². The summed E-state index contributed by atoms with van der Waals surface area (Å²) >= 11 is 0. The average molecular weight is 212 g/mol. The van der Waals surface area contributed by atoms with Crippen molar-refractivity contribution in [3.05, 3.63) is 0 Å². The molecule has 0 saturated carbocycles. The number of hydrogen-bond donors (Lipinski definition) is 1. The molecule has 1 saturated heterocycles. The van der Waals surface area contributed by atoms with Gasteiger partial charge < -0.3 is 5.32 Å². The molecule has 1 aliphatic heterocycles. The third-order valence-corrected chi connectivity index (χ3v) is 4.33. The molecule has 1 aliphatic rings. The van der Waals surface area contributed by atoms with E-state index < -0.39 is 0 Å². The Morgan fingerprint density at radius 2 is 1.73 bits per heavy atom. The molecule has 0 amide bonds. The zero-order valence-electron chi connectivity index (χ0n) is 11.0. The van der Waals surface area contributed by atoms with Gasteiger partial charge in [-0.15, -0.1) is 0 Å². The third-order valence-electron chi connectivity index (χ3n) is 4.33. The van der Waals surface area contributed by atoms with Crippen LogP contribution in [-0.4, -0.2) is 36.1 Å². The predicted molar refractivity (Wildman–Crippen MR) is 67.3 cm³/mol. The Morgan fingerprint density at radius 3 is 2.20 bits per heavy atom. The Morgan fingerprint density at radius 1 is 1.13 bits per heavy atom. The molecule has 0 aromatic carbocycles. The average Bonchev–Trinajstić information content (AvgIpc) is 2.71. The first-order valence-corrected chi connectivity index (χ1v) is 6.70. The summed E-state index contributed by atoms with van der Waals surface area (Å²) in [6.45, 7) is 12.9. The number of nitrogens with zero attached hydrogens (tertiary/aromatic N) is 1. The van der Waals surface area contributed by atoms with Crippen molar-refractivity contribution in [2.45, 2.75) is 65.0 Å². The first-order valence-electron chi connectivity index (χ1n) is 6.70. The summed E-state index contributed by atoms with van der Waals surface area (Å²) in [6.07, 6.45) is 5.20. The Hall–Kier alpha value is -0.0800. The second-order valence-corrected chi connectivity index (χ2v) is 4.77. The van der Waals surface area contributed by atoms with E-state index in [2.05, 4.69) is 37.9 Å². The van der Waals surface area contributed by atoms with Crippen molar-refractivity contribution in [3.8, 4) is 0 Å². The van der Waals surface area contributed by atoms with Crippen LogP contribution in [0.1, 0.15) is 53.4 Å². The minimum atomic E-state index is 0.476. The lowest BCUT2D eigenvalue weighted by Gasteiger charge is -2.40. The molecule has 1 rings (SSSR count). The molecule has 0 aromatic rings. The molecule has 0 aromatic heterocycles. The van der Waals surface area contributed by atoms with Crippen LogP contribution in [0.25, 0.3) is 0 Å². The molecular formula is C13H28N2. The molecule has 0 radical (unpaired) electrons. The molecule has 15 heavy (non-hydrogen) atoms. The zero-order valence-corrected chi connectivity index (χ0v) is 11.0. The highest BCUT2D eigenvalue weighted by Gasteiger charge is 2.36. The van der Waals surface area contributed by atoms with Crippen molar-refractivity contribution in [1.29, 1.82) is 0 Å². The van der Waals surface area contributed by atoms with Crippen LogP contribution in [0.15, 0.2) is 0 Å². The van der Waals surface area contributed by atoms with Crippen LogP contribution in [0.3, 0.4) is 0 Å². The second-order valence-electron chi connectivity index (χ2n) is 4.77. The highest BCUT2D eigenvalue weighted by atomic mass is 15.2. The normalized spacial score (nSPS) is 23.6. The molecule has 1 fully saturated rings. The van der Waals surface area contributed by atoms with Crippen LogP contribution in [0.4, 0.5) is 0 Å². The van der Waals surface area contributed by atoms with E-state index in [0.717, 1.165) is 12.6 Å². The second kappa shape index (κ2) is 5.86. The smallest absolute Gasteiger partial charge is 0.0207 e. The highest BCUT2D eigenvalue weighted by Crippen LogP contribution is 2.31. The van der Waals surface area contributed by atoms with Crippen LogP contribution >= 0.6 is 0 Å². The van der Waals surface area contributed by atoms with Crippen molar-refractivity contribution in [1.82, 2.24) is 10.2 Å². The van der Waals surface area contributed by atoms with E-state index in [1.54, 1.807) is 0 Å². The number of hydrogen-bond acceptors (Lipinski definition) is 2. The first kappa shape index (κ1) is 13.0. The summed E-state index contributed by atoms with van der Waals surface area (Å²) in [7, 11) is 0. The fourth-order valence-electron chi connectivity index (χ4n) is 3.07. The van der Waals surface area contributed by atoms with Crippen LogP contribution in [0.2, 0.25) is 0 Å². The van der Waals surface area contributed by atoms with E-state index in [4.69, 9.17) is 0 Å². The molecule has 2 nitrogen and oxygen atoms in total. The monoisotopic (exact) mass is 212 g/mol. The van der Waals surface area contributed by atoms with E-state index >= 15 is 0 Å². The Bertz CT molecular complexity index is 167. The van der Waals surface area contributed by atoms with Gasteiger partial charge in [-0.2, -0.15) is 0 Å². The predicted octanol–water partition coefficient (Wildman–Crippen LogP) is 2.64. The maximum Gasteiger partial charge on any atom is 0.0207 e. The lowest BCUT2D eigenvalue weighted by molar-refractivity contribution is 0.0983. The van der Waals surface area contributed by atoms with E-state index in [1.165, 1.54) is 38.8 Å². The summed E-state index contributed by atoms with van der Waals surface area (Å²) in [4.78, 5) is 2.72. The fraction of sp³-hybridized carbons (Fsp3) is 1.00. The lowest BCUT2D eigenvalue weighted by Crippen LogP contribution is -2.47. The molecule has 90 valence electrons. The quantitative estimate of drug-likeness (QED) is 0.728. The summed E-state index contributed by atoms with van der Waals surface area (Å²) < 4.78 is 0. The number of likely N-dealkylation sites (N-methyl/N-ethyl adjacent to an activating group) is 1. The van der Waals surface area contributed by atoms with Gasteiger partial charge in [0.25, 0.3) is 0 Å². The molecule has 2 heteroatoms. The molecule has 1 atom stereocenters. The van der Waals surface area contributed by atoms with Crippen molar-refractivity contribution in [2.75, 3.05) is 19.6 Å². The zero-order chi connectivity index (χ0) is 11.3. The first-order chi connectivity index (χ1) is 7.22. The molecule has 1 unspecified atom stereocenters. The standard InChI is InChI=1S/C13H28N2/c1-5-13(6-2,7-3)15-10-9-12(11-15)14-8-4/h12,14H,5-11H2,1-4H3. The van der Waals surface area contributed by atoms with Crippen LogP contribution < -0.4 is 5.32 Å². The molecule has 1 N–H and O–H groups in total. The minimum absolute atomic E-state index is 0.476. The Labute approximate surface area is 95.4 Å². The van der Waals surface area contributed by atoms with E-state index in [-0.39, 0.29) is 0 Å². The molecule has 0 aliphatic carbocycles. The summed E-state index contributed by atoms with van der Waals surface area (Å²) in [5.41, 5.74) is 0.476.